The fourth-order valence-corrected chi connectivity index (χ4v) is 4.73. The van der Waals surface area contributed by atoms with Gasteiger partial charge in [0, 0.05) is 29.7 Å². The summed E-state index contributed by atoms with van der Waals surface area (Å²) in [5, 5.41) is 6.59. The molecule has 2 aromatic rings. The van der Waals surface area contributed by atoms with Crippen molar-refractivity contribution in [2.45, 2.75) is 44.8 Å². The molecule has 1 saturated carbocycles. The van der Waals surface area contributed by atoms with E-state index in [1.165, 1.54) is 19.3 Å². The third kappa shape index (κ3) is 3.76. The standard InChI is InChI=1S/C19H23F2N3S/c20-18(21)15-3-1-14(2-4-15)12-24(13-17-23-9-10-25-17)16-11-19(16)5-7-22-8-6-19/h1-4,9-10,16,18,22H,5-8,11-13H2. The number of rotatable bonds is 6. The summed E-state index contributed by atoms with van der Waals surface area (Å²) in [4.78, 5) is 6.95. The van der Waals surface area contributed by atoms with Crippen molar-refractivity contribution in [1.29, 1.82) is 0 Å². The molecule has 6 heteroatoms. The number of benzene rings is 1. The highest BCUT2D eigenvalue weighted by Gasteiger charge is 2.56. The van der Waals surface area contributed by atoms with Crippen LogP contribution < -0.4 is 5.32 Å². The molecule has 0 radical (unpaired) electrons. The number of halogens is 2. The van der Waals surface area contributed by atoms with Crippen LogP contribution in [0.15, 0.2) is 35.8 Å². The second-order valence-electron chi connectivity index (χ2n) is 7.21. The van der Waals surface area contributed by atoms with Crippen molar-refractivity contribution in [2.24, 2.45) is 5.41 Å². The predicted octanol–water partition coefficient (Wildman–Crippen LogP) is 4.23. The van der Waals surface area contributed by atoms with Gasteiger partial charge >= 0.3 is 0 Å². The molecule has 1 N–H and O–H groups in total. The largest absolute Gasteiger partial charge is 0.317 e. The fourth-order valence-electron chi connectivity index (χ4n) is 4.09. The van der Waals surface area contributed by atoms with Crippen LogP contribution in [0.25, 0.3) is 0 Å². The van der Waals surface area contributed by atoms with Crippen molar-refractivity contribution in [1.82, 2.24) is 15.2 Å². The molecular formula is C19H23F2N3S. The van der Waals surface area contributed by atoms with Gasteiger partial charge in [0.15, 0.2) is 0 Å². The number of hydrogen-bond donors (Lipinski definition) is 1. The minimum atomic E-state index is -2.40. The van der Waals surface area contributed by atoms with Crippen molar-refractivity contribution < 1.29 is 8.78 Å². The molecule has 0 amide bonds. The molecule has 25 heavy (non-hydrogen) atoms. The van der Waals surface area contributed by atoms with Crippen LogP contribution in [0.1, 0.15) is 41.8 Å². The van der Waals surface area contributed by atoms with E-state index in [4.69, 9.17) is 0 Å². The zero-order chi connectivity index (χ0) is 17.3. The molecule has 1 aliphatic carbocycles. The van der Waals surface area contributed by atoms with E-state index in [0.29, 0.717) is 11.5 Å². The summed E-state index contributed by atoms with van der Waals surface area (Å²) in [5.74, 6) is 0. The lowest BCUT2D eigenvalue weighted by Crippen LogP contribution is -2.35. The molecule has 1 unspecified atom stereocenters. The quantitative estimate of drug-likeness (QED) is 0.833. The van der Waals surface area contributed by atoms with Crippen molar-refractivity contribution in [3.63, 3.8) is 0 Å². The Morgan fingerprint density at radius 1 is 1.20 bits per heavy atom. The minimum absolute atomic E-state index is 0.0940. The van der Waals surface area contributed by atoms with Gasteiger partial charge in [0.2, 0.25) is 0 Å². The predicted molar refractivity (Wildman–Crippen MR) is 95.7 cm³/mol. The molecule has 1 saturated heterocycles. The van der Waals surface area contributed by atoms with Crippen LogP contribution in [0.5, 0.6) is 0 Å². The Balaban J connectivity index is 1.49. The van der Waals surface area contributed by atoms with E-state index >= 15 is 0 Å². The van der Waals surface area contributed by atoms with Crippen molar-refractivity contribution in [2.75, 3.05) is 13.1 Å². The first-order valence-corrected chi connectivity index (χ1v) is 9.74. The molecule has 0 bridgehead atoms. The number of aromatic nitrogens is 1. The van der Waals surface area contributed by atoms with Crippen LogP contribution in [0.4, 0.5) is 8.78 Å². The number of nitrogens with one attached hydrogen (secondary N) is 1. The van der Waals surface area contributed by atoms with Crippen LogP contribution in [-0.4, -0.2) is 29.0 Å². The van der Waals surface area contributed by atoms with Crippen LogP contribution in [0.2, 0.25) is 0 Å². The highest BCUT2D eigenvalue weighted by molar-refractivity contribution is 7.09. The first-order valence-electron chi connectivity index (χ1n) is 8.86. The Hall–Kier alpha value is -1.37. The minimum Gasteiger partial charge on any atom is -0.317 e. The molecule has 2 fully saturated rings. The molecule has 1 aromatic carbocycles. The maximum atomic E-state index is 12.8. The lowest BCUT2D eigenvalue weighted by molar-refractivity contribution is 0.151. The summed E-state index contributed by atoms with van der Waals surface area (Å²) in [6, 6.07) is 7.36. The van der Waals surface area contributed by atoms with E-state index in [9.17, 15) is 8.78 Å². The van der Waals surface area contributed by atoms with Gasteiger partial charge in [0.25, 0.3) is 6.43 Å². The molecule has 2 aliphatic rings. The van der Waals surface area contributed by atoms with Crippen molar-refractivity contribution in [3.05, 3.63) is 52.0 Å². The Labute approximate surface area is 151 Å². The Morgan fingerprint density at radius 2 is 1.96 bits per heavy atom. The molecule has 3 nitrogen and oxygen atoms in total. The average molecular weight is 363 g/mol. The van der Waals surface area contributed by atoms with E-state index in [1.807, 2.05) is 23.7 Å². The number of nitrogens with zero attached hydrogens (tertiary/aromatic N) is 2. The van der Waals surface area contributed by atoms with Crippen LogP contribution in [0, 0.1) is 5.41 Å². The van der Waals surface area contributed by atoms with Gasteiger partial charge in [-0.25, -0.2) is 13.8 Å². The molecule has 2 heterocycles. The molecular weight excluding hydrogens is 340 g/mol. The van der Waals surface area contributed by atoms with E-state index in [-0.39, 0.29) is 5.56 Å². The normalized spacial score (nSPS) is 22.0. The summed E-state index contributed by atoms with van der Waals surface area (Å²) >= 11 is 1.68. The highest BCUT2D eigenvalue weighted by atomic mass is 32.1. The number of hydrogen-bond acceptors (Lipinski definition) is 4. The zero-order valence-corrected chi connectivity index (χ0v) is 14.9. The summed E-state index contributed by atoms with van der Waals surface area (Å²) in [5.41, 5.74) is 1.64. The van der Waals surface area contributed by atoms with Crippen molar-refractivity contribution in [3.8, 4) is 0 Å². The second kappa shape index (κ2) is 7.09. The summed E-state index contributed by atoms with van der Waals surface area (Å²) < 4.78 is 25.5. The second-order valence-corrected chi connectivity index (χ2v) is 8.18. The van der Waals surface area contributed by atoms with E-state index < -0.39 is 6.43 Å². The molecule has 1 aliphatic heterocycles. The SMILES string of the molecule is FC(F)c1ccc(CN(Cc2nccs2)C2CC23CCNCC3)cc1. The summed E-state index contributed by atoms with van der Waals surface area (Å²) in [6.07, 6.45) is 3.16. The van der Waals surface area contributed by atoms with Gasteiger partial charge in [-0.3, -0.25) is 4.90 Å². The molecule has 1 spiro atoms. The highest BCUT2D eigenvalue weighted by Crippen LogP contribution is 2.56. The van der Waals surface area contributed by atoms with E-state index in [1.54, 1.807) is 23.5 Å². The van der Waals surface area contributed by atoms with Gasteiger partial charge < -0.3 is 5.32 Å². The van der Waals surface area contributed by atoms with Gasteiger partial charge in [0.05, 0.1) is 6.54 Å². The average Bonchev–Trinajstić information content (AvgIpc) is 3.05. The molecule has 4 rings (SSSR count). The smallest absolute Gasteiger partial charge is 0.263 e. The van der Waals surface area contributed by atoms with Crippen LogP contribution >= 0.6 is 11.3 Å². The lowest BCUT2D eigenvalue weighted by Gasteiger charge is -2.29. The Morgan fingerprint density at radius 3 is 2.60 bits per heavy atom. The molecule has 1 atom stereocenters. The number of alkyl halides is 2. The van der Waals surface area contributed by atoms with Gasteiger partial charge in [0.1, 0.15) is 5.01 Å². The first-order chi connectivity index (χ1) is 12.2. The fraction of sp³-hybridized carbons (Fsp3) is 0.526. The maximum Gasteiger partial charge on any atom is 0.263 e. The molecule has 134 valence electrons. The molecule has 1 aromatic heterocycles. The third-order valence-electron chi connectivity index (χ3n) is 5.63. The summed E-state index contributed by atoms with van der Waals surface area (Å²) in [7, 11) is 0. The zero-order valence-electron chi connectivity index (χ0n) is 14.1. The Kier molecular flexibility index (Phi) is 4.84. The van der Waals surface area contributed by atoms with E-state index in [0.717, 1.165) is 36.8 Å². The first kappa shape index (κ1) is 17.1. The van der Waals surface area contributed by atoms with Crippen LogP contribution in [0.3, 0.4) is 0 Å². The summed E-state index contributed by atoms with van der Waals surface area (Å²) in [6.45, 7) is 3.84. The maximum absolute atomic E-state index is 12.8. The van der Waals surface area contributed by atoms with Gasteiger partial charge in [-0.1, -0.05) is 24.3 Å². The topological polar surface area (TPSA) is 28.2 Å². The van der Waals surface area contributed by atoms with Gasteiger partial charge in [-0.15, -0.1) is 11.3 Å². The van der Waals surface area contributed by atoms with Gasteiger partial charge in [-0.2, -0.15) is 0 Å². The van der Waals surface area contributed by atoms with Crippen molar-refractivity contribution >= 4 is 11.3 Å². The van der Waals surface area contributed by atoms with Crippen LogP contribution in [-0.2, 0) is 13.1 Å². The monoisotopic (exact) mass is 363 g/mol. The van der Waals surface area contributed by atoms with Gasteiger partial charge in [-0.05, 0) is 43.3 Å². The number of thiazole rings is 1. The Bertz CT molecular complexity index is 681. The lowest BCUT2D eigenvalue weighted by atomic mass is 9.93. The number of piperidine rings is 1. The van der Waals surface area contributed by atoms with E-state index in [2.05, 4.69) is 15.2 Å². The third-order valence-corrected chi connectivity index (χ3v) is 6.39.